The average Bonchev–Trinajstić information content (AvgIpc) is 2.40. The summed E-state index contributed by atoms with van der Waals surface area (Å²) < 4.78 is 0. The quantitative estimate of drug-likeness (QED) is 0.722. The molecule has 0 aliphatic rings. The summed E-state index contributed by atoms with van der Waals surface area (Å²) in [7, 11) is 0. The number of phenols is 1. The van der Waals surface area contributed by atoms with Crippen LogP contribution in [0.15, 0.2) is 54.6 Å². The summed E-state index contributed by atoms with van der Waals surface area (Å²) in [4.78, 5) is 11.6. The Kier molecular flexibility index (Phi) is 3.81. The van der Waals surface area contributed by atoms with Gasteiger partial charge in [-0.1, -0.05) is 18.2 Å². The minimum Gasteiger partial charge on any atom is -0.508 e. The Morgan fingerprint density at radius 1 is 0.944 bits per heavy atom. The number of hydrogen-bond acceptors (Lipinski definition) is 3. The minimum absolute atomic E-state index is 0.135. The highest BCUT2D eigenvalue weighted by Gasteiger charge is 2.01. The van der Waals surface area contributed by atoms with Gasteiger partial charge < -0.3 is 15.7 Å². The fourth-order valence-corrected chi connectivity index (χ4v) is 1.49. The van der Waals surface area contributed by atoms with Crippen LogP contribution in [0.3, 0.4) is 0 Å². The van der Waals surface area contributed by atoms with E-state index in [1.807, 2.05) is 30.3 Å². The van der Waals surface area contributed by atoms with Crippen LogP contribution < -0.4 is 10.6 Å². The monoisotopic (exact) mass is 242 g/mol. The van der Waals surface area contributed by atoms with E-state index < -0.39 is 0 Å². The van der Waals surface area contributed by atoms with Crippen LogP contribution in [0.1, 0.15) is 0 Å². The van der Waals surface area contributed by atoms with Gasteiger partial charge in [0, 0.05) is 11.4 Å². The molecule has 4 heteroatoms. The standard InChI is InChI=1S/C14H14N2O2/c17-13-8-6-12(7-9-13)16-14(18)10-15-11-4-2-1-3-5-11/h1-9,15,17H,10H2,(H,16,18). The molecule has 0 saturated carbocycles. The molecule has 2 rings (SSSR count). The molecule has 0 aromatic heterocycles. The van der Waals surface area contributed by atoms with E-state index in [1.165, 1.54) is 12.1 Å². The van der Waals surface area contributed by atoms with E-state index in [-0.39, 0.29) is 18.2 Å². The Hall–Kier alpha value is -2.49. The van der Waals surface area contributed by atoms with Crippen LogP contribution in [-0.2, 0) is 4.79 Å². The molecule has 0 atom stereocenters. The van der Waals surface area contributed by atoms with Crippen molar-refractivity contribution in [1.29, 1.82) is 0 Å². The number of anilines is 2. The second-order valence-electron chi connectivity index (χ2n) is 3.81. The van der Waals surface area contributed by atoms with E-state index in [2.05, 4.69) is 10.6 Å². The number of aromatic hydroxyl groups is 1. The van der Waals surface area contributed by atoms with Gasteiger partial charge >= 0.3 is 0 Å². The first kappa shape index (κ1) is 12.0. The highest BCUT2D eigenvalue weighted by atomic mass is 16.3. The van der Waals surface area contributed by atoms with Crippen molar-refractivity contribution in [3.8, 4) is 5.75 Å². The van der Waals surface area contributed by atoms with E-state index >= 15 is 0 Å². The number of carbonyl (C=O) groups is 1. The lowest BCUT2D eigenvalue weighted by atomic mass is 10.3. The summed E-state index contributed by atoms with van der Waals surface area (Å²) >= 11 is 0. The molecule has 0 bridgehead atoms. The number of carbonyl (C=O) groups excluding carboxylic acids is 1. The number of para-hydroxylation sites is 1. The minimum atomic E-state index is -0.135. The second kappa shape index (κ2) is 5.72. The maximum absolute atomic E-state index is 11.6. The van der Waals surface area contributed by atoms with Crippen molar-refractivity contribution in [2.45, 2.75) is 0 Å². The lowest BCUT2D eigenvalue weighted by molar-refractivity contribution is -0.114. The molecule has 92 valence electrons. The van der Waals surface area contributed by atoms with E-state index in [9.17, 15) is 4.79 Å². The molecule has 4 nitrogen and oxygen atoms in total. The summed E-state index contributed by atoms with van der Waals surface area (Å²) in [6, 6.07) is 15.9. The fourth-order valence-electron chi connectivity index (χ4n) is 1.49. The van der Waals surface area contributed by atoms with E-state index in [0.29, 0.717) is 5.69 Å². The number of nitrogens with one attached hydrogen (secondary N) is 2. The number of rotatable bonds is 4. The highest BCUT2D eigenvalue weighted by Crippen LogP contribution is 2.13. The predicted molar refractivity (Wildman–Crippen MR) is 71.7 cm³/mol. The molecule has 0 aliphatic carbocycles. The summed E-state index contributed by atoms with van der Waals surface area (Å²) in [5.74, 6) is 0.0416. The first-order valence-electron chi connectivity index (χ1n) is 5.62. The van der Waals surface area contributed by atoms with Gasteiger partial charge in [-0.15, -0.1) is 0 Å². The van der Waals surface area contributed by atoms with Crippen LogP contribution in [0.25, 0.3) is 0 Å². The van der Waals surface area contributed by atoms with Crippen LogP contribution in [0, 0.1) is 0 Å². The van der Waals surface area contributed by atoms with Gasteiger partial charge in [-0.3, -0.25) is 4.79 Å². The van der Waals surface area contributed by atoms with E-state index in [4.69, 9.17) is 5.11 Å². The van der Waals surface area contributed by atoms with Crippen molar-refractivity contribution in [1.82, 2.24) is 0 Å². The van der Waals surface area contributed by atoms with E-state index in [0.717, 1.165) is 5.69 Å². The van der Waals surface area contributed by atoms with Crippen LogP contribution >= 0.6 is 0 Å². The maximum Gasteiger partial charge on any atom is 0.243 e. The van der Waals surface area contributed by atoms with Gasteiger partial charge in [0.2, 0.25) is 5.91 Å². The van der Waals surface area contributed by atoms with Gasteiger partial charge in [0.05, 0.1) is 6.54 Å². The molecule has 2 aromatic carbocycles. The van der Waals surface area contributed by atoms with Crippen molar-refractivity contribution in [2.75, 3.05) is 17.2 Å². The van der Waals surface area contributed by atoms with Crippen molar-refractivity contribution < 1.29 is 9.90 Å². The van der Waals surface area contributed by atoms with Crippen molar-refractivity contribution in [2.24, 2.45) is 0 Å². The van der Waals surface area contributed by atoms with Gasteiger partial charge in [0.15, 0.2) is 0 Å². The lowest BCUT2D eigenvalue weighted by Gasteiger charge is -2.07. The van der Waals surface area contributed by atoms with Crippen molar-refractivity contribution in [3.63, 3.8) is 0 Å². The SMILES string of the molecule is O=C(CNc1ccccc1)Nc1ccc(O)cc1. The Morgan fingerprint density at radius 2 is 1.61 bits per heavy atom. The third-order valence-electron chi connectivity index (χ3n) is 2.38. The Bertz CT molecular complexity index is 509. The van der Waals surface area contributed by atoms with Crippen molar-refractivity contribution >= 4 is 17.3 Å². The molecule has 1 amide bonds. The van der Waals surface area contributed by atoms with Crippen LogP contribution in [0.2, 0.25) is 0 Å². The lowest BCUT2D eigenvalue weighted by Crippen LogP contribution is -2.21. The van der Waals surface area contributed by atoms with Crippen LogP contribution in [0.4, 0.5) is 11.4 Å². The molecular formula is C14H14N2O2. The molecular weight excluding hydrogens is 228 g/mol. The fraction of sp³-hybridized carbons (Fsp3) is 0.0714. The molecule has 0 radical (unpaired) electrons. The number of amides is 1. The van der Waals surface area contributed by atoms with Gasteiger partial charge in [0.1, 0.15) is 5.75 Å². The summed E-state index contributed by atoms with van der Waals surface area (Å²) in [5, 5.41) is 14.9. The Balaban J connectivity index is 1.84. The summed E-state index contributed by atoms with van der Waals surface area (Å²) in [5.41, 5.74) is 1.56. The first-order valence-corrected chi connectivity index (χ1v) is 5.62. The molecule has 0 fully saturated rings. The molecule has 0 saturated heterocycles. The molecule has 0 aliphatic heterocycles. The van der Waals surface area contributed by atoms with Gasteiger partial charge in [-0.05, 0) is 36.4 Å². The number of benzene rings is 2. The molecule has 0 heterocycles. The summed E-state index contributed by atoms with van der Waals surface area (Å²) in [6.45, 7) is 0.199. The third-order valence-corrected chi connectivity index (χ3v) is 2.38. The average molecular weight is 242 g/mol. The zero-order valence-corrected chi connectivity index (χ0v) is 9.76. The molecule has 0 unspecified atom stereocenters. The zero-order chi connectivity index (χ0) is 12.8. The van der Waals surface area contributed by atoms with Crippen LogP contribution in [0.5, 0.6) is 5.75 Å². The highest BCUT2D eigenvalue weighted by molar-refractivity contribution is 5.93. The molecule has 18 heavy (non-hydrogen) atoms. The topological polar surface area (TPSA) is 61.4 Å². The van der Waals surface area contributed by atoms with Crippen molar-refractivity contribution in [3.05, 3.63) is 54.6 Å². The maximum atomic E-state index is 11.6. The molecule has 2 aromatic rings. The molecule has 0 spiro atoms. The molecule has 3 N–H and O–H groups in total. The van der Waals surface area contributed by atoms with Gasteiger partial charge in [0.25, 0.3) is 0 Å². The van der Waals surface area contributed by atoms with Crippen LogP contribution in [-0.4, -0.2) is 17.6 Å². The first-order chi connectivity index (χ1) is 8.74. The second-order valence-corrected chi connectivity index (χ2v) is 3.81. The number of hydrogen-bond donors (Lipinski definition) is 3. The van der Waals surface area contributed by atoms with Gasteiger partial charge in [-0.2, -0.15) is 0 Å². The zero-order valence-electron chi connectivity index (χ0n) is 9.76. The summed E-state index contributed by atoms with van der Waals surface area (Å²) in [6.07, 6.45) is 0. The predicted octanol–water partition coefficient (Wildman–Crippen LogP) is 2.44. The van der Waals surface area contributed by atoms with E-state index in [1.54, 1.807) is 12.1 Å². The smallest absolute Gasteiger partial charge is 0.243 e. The largest absolute Gasteiger partial charge is 0.508 e. The number of phenolic OH excluding ortho intramolecular Hbond substituents is 1. The Morgan fingerprint density at radius 3 is 2.28 bits per heavy atom. The third kappa shape index (κ3) is 3.52. The normalized spacial score (nSPS) is 9.78. The van der Waals surface area contributed by atoms with Gasteiger partial charge in [-0.25, -0.2) is 0 Å². The Labute approximate surface area is 105 Å².